The van der Waals surface area contributed by atoms with Crippen molar-refractivity contribution in [1.82, 2.24) is 0 Å². The van der Waals surface area contributed by atoms with Gasteiger partial charge in [0.05, 0.1) is 25.6 Å². The van der Waals surface area contributed by atoms with Gasteiger partial charge in [-0.25, -0.2) is 0 Å². The molecule has 0 atom stereocenters. The minimum Gasteiger partial charge on any atom is -0.497 e. The molecule has 0 unspecified atom stereocenters. The molecule has 0 bridgehead atoms. The van der Waals surface area contributed by atoms with Gasteiger partial charge in [0, 0.05) is 15.0 Å². The molecule has 0 fully saturated rings. The van der Waals surface area contributed by atoms with Crippen LogP contribution in [0.25, 0.3) is 0 Å². The molecular weight excluding hydrogens is 432 g/mol. The van der Waals surface area contributed by atoms with E-state index in [0.717, 1.165) is 26.1 Å². The first-order valence-corrected chi connectivity index (χ1v) is 8.28. The monoisotopic (exact) mass is 444 g/mol. The van der Waals surface area contributed by atoms with E-state index in [-0.39, 0.29) is 0 Å². The summed E-state index contributed by atoms with van der Waals surface area (Å²) in [6.45, 7) is 0. The molecule has 0 heterocycles. The quantitative estimate of drug-likeness (QED) is 0.645. The molecule has 0 spiro atoms. The van der Waals surface area contributed by atoms with E-state index in [9.17, 15) is 0 Å². The van der Waals surface area contributed by atoms with Gasteiger partial charge in [0.1, 0.15) is 11.5 Å². The average Bonchev–Trinajstić information content (AvgIpc) is 2.50. The van der Waals surface area contributed by atoms with Crippen LogP contribution in [0.5, 0.6) is 11.5 Å². The lowest BCUT2D eigenvalue weighted by atomic mass is 10.2. The van der Waals surface area contributed by atoms with Gasteiger partial charge >= 0.3 is 0 Å². The highest BCUT2D eigenvalue weighted by Crippen LogP contribution is 2.30. The third-order valence-electron chi connectivity index (χ3n) is 2.84. The Morgan fingerprint density at radius 2 is 1.64 bits per heavy atom. The molecule has 0 aliphatic rings. The molecular formula is C15H14Br2N2O2S. The van der Waals surface area contributed by atoms with Gasteiger partial charge < -0.3 is 20.1 Å². The molecule has 0 saturated carbocycles. The summed E-state index contributed by atoms with van der Waals surface area (Å²) in [4.78, 5) is 0. The number of thiocarbonyl (C=S) groups is 1. The van der Waals surface area contributed by atoms with Crippen molar-refractivity contribution in [3.05, 3.63) is 45.3 Å². The summed E-state index contributed by atoms with van der Waals surface area (Å²) in [5.74, 6) is 1.37. The Morgan fingerprint density at radius 3 is 2.27 bits per heavy atom. The molecule has 0 radical (unpaired) electrons. The lowest BCUT2D eigenvalue weighted by Crippen LogP contribution is -2.19. The highest BCUT2D eigenvalue weighted by Gasteiger charge is 2.08. The predicted molar refractivity (Wildman–Crippen MR) is 101 cm³/mol. The zero-order valence-electron chi connectivity index (χ0n) is 11.9. The first-order valence-electron chi connectivity index (χ1n) is 6.28. The van der Waals surface area contributed by atoms with Gasteiger partial charge in [0.25, 0.3) is 0 Å². The standard InChI is InChI=1S/C15H14Br2N2O2S/c1-20-10-4-6-13(14(8-10)21-2)19-15(22)18-12-5-3-9(16)7-11(12)17/h3-8H,1-2H3,(H2,18,19,22). The molecule has 2 N–H and O–H groups in total. The van der Waals surface area contributed by atoms with E-state index in [1.807, 2.05) is 30.3 Å². The van der Waals surface area contributed by atoms with Crippen LogP contribution in [-0.2, 0) is 0 Å². The van der Waals surface area contributed by atoms with Crippen LogP contribution >= 0.6 is 44.1 Å². The van der Waals surface area contributed by atoms with Crippen molar-refractivity contribution in [1.29, 1.82) is 0 Å². The molecule has 22 heavy (non-hydrogen) atoms. The number of anilines is 2. The van der Waals surface area contributed by atoms with Gasteiger partial charge in [-0.05, 0) is 58.5 Å². The largest absolute Gasteiger partial charge is 0.497 e. The number of hydrogen-bond acceptors (Lipinski definition) is 3. The maximum absolute atomic E-state index is 5.34. The fourth-order valence-corrected chi connectivity index (χ4v) is 3.13. The van der Waals surface area contributed by atoms with Crippen LogP contribution in [0.4, 0.5) is 11.4 Å². The SMILES string of the molecule is COc1ccc(NC(=S)Nc2ccc(Br)cc2Br)c(OC)c1. The van der Waals surface area contributed by atoms with Crippen molar-refractivity contribution in [2.24, 2.45) is 0 Å². The van der Waals surface area contributed by atoms with Crippen LogP contribution in [0.3, 0.4) is 0 Å². The van der Waals surface area contributed by atoms with Crippen LogP contribution in [0.2, 0.25) is 0 Å². The van der Waals surface area contributed by atoms with Crippen LogP contribution in [0, 0.1) is 0 Å². The van der Waals surface area contributed by atoms with Crippen LogP contribution in [-0.4, -0.2) is 19.3 Å². The maximum atomic E-state index is 5.34. The molecule has 0 aromatic heterocycles. The molecule has 0 aliphatic heterocycles. The van der Waals surface area contributed by atoms with Crippen molar-refractivity contribution in [3.8, 4) is 11.5 Å². The number of rotatable bonds is 4. The van der Waals surface area contributed by atoms with Gasteiger partial charge in [-0.2, -0.15) is 0 Å². The van der Waals surface area contributed by atoms with Crippen molar-refractivity contribution < 1.29 is 9.47 Å². The second-order valence-electron chi connectivity index (χ2n) is 4.27. The van der Waals surface area contributed by atoms with Crippen molar-refractivity contribution >= 4 is 60.6 Å². The fourth-order valence-electron chi connectivity index (χ4n) is 1.77. The first kappa shape index (κ1) is 17.1. The Hall–Kier alpha value is -1.31. The summed E-state index contributed by atoms with van der Waals surface area (Å²) in [7, 11) is 3.21. The Labute approximate surface area is 151 Å². The van der Waals surface area contributed by atoms with Crippen LogP contribution < -0.4 is 20.1 Å². The van der Waals surface area contributed by atoms with Gasteiger partial charge in [0.15, 0.2) is 5.11 Å². The molecule has 7 heteroatoms. The van der Waals surface area contributed by atoms with Gasteiger partial charge in [0.2, 0.25) is 0 Å². The third kappa shape index (κ3) is 4.34. The van der Waals surface area contributed by atoms with Crippen molar-refractivity contribution in [2.45, 2.75) is 0 Å². The van der Waals surface area contributed by atoms with E-state index in [0.29, 0.717) is 10.9 Å². The lowest BCUT2D eigenvalue weighted by Gasteiger charge is -2.15. The molecule has 0 amide bonds. The molecule has 2 aromatic rings. The Bertz CT molecular complexity index is 695. The summed E-state index contributed by atoms with van der Waals surface area (Å²) in [6.07, 6.45) is 0. The number of ether oxygens (including phenoxy) is 2. The van der Waals surface area contributed by atoms with Crippen LogP contribution in [0.15, 0.2) is 45.3 Å². The second kappa shape index (κ2) is 7.80. The Kier molecular flexibility index (Phi) is 6.05. The third-order valence-corrected chi connectivity index (χ3v) is 4.19. The minimum atomic E-state index is 0.464. The van der Waals surface area contributed by atoms with Gasteiger partial charge in [-0.1, -0.05) is 15.9 Å². The van der Waals surface area contributed by atoms with Crippen molar-refractivity contribution in [3.63, 3.8) is 0 Å². The topological polar surface area (TPSA) is 42.5 Å². The van der Waals surface area contributed by atoms with Gasteiger partial charge in [-0.15, -0.1) is 0 Å². The van der Waals surface area contributed by atoms with E-state index < -0.39 is 0 Å². The highest BCUT2D eigenvalue weighted by atomic mass is 79.9. The molecule has 2 aromatic carbocycles. The zero-order valence-corrected chi connectivity index (χ0v) is 15.9. The first-order chi connectivity index (χ1) is 10.5. The van der Waals surface area contributed by atoms with E-state index in [1.54, 1.807) is 20.3 Å². The molecule has 0 aliphatic carbocycles. The molecule has 2 rings (SSSR count). The summed E-state index contributed by atoms with van der Waals surface area (Å²) in [5.41, 5.74) is 1.63. The zero-order chi connectivity index (χ0) is 16.1. The maximum Gasteiger partial charge on any atom is 0.175 e. The van der Waals surface area contributed by atoms with Crippen molar-refractivity contribution in [2.75, 3.05) is 24.9 Å². The van der Waals surface area contributed by atoms with E-state index >= 15 is 0 Å². The second-order valence-corrected chi connectivity index (χ2v) is 6.45. The van der Waals surface area contributed by atoms with Crippen LogP contribution in [0.1, 0.15) is 0 Å². The molecule has 116 valence electrons. The Morgan fingerprint density at radius 1 is 0.955 bits per heavy atom. The summed E-state index contributed by atoms with van der Waals surface area (Å²) < 4.78 is 12.4. The number of benzene rings is 2. The highest BCUT2D eigenvalue weighted by molar-refractivity contribution is 9.11. The smallest absolute Gasteiger partial charge is 0.175 e. The number of hydrogen-bond donors (Lipinski definition) is 2. The lowest BCUT2D eigenvalue weighted by molar-refractivity contribution is 0.395. The summed E-state index contributed by atoms with van der Waals surface area (Å²) in [6, 6.07) is 11.3. The number of nitrogens with one attached hydrogen (secondary N) is 2. The summed E-state index contributed by atoms with van der Waals surface area (Å²) >= 11 is 12.2. The van der Waals surface area contributed by atoms with E-state index in [4.69, 9.17) is 21.7 Å². The molecule has 0 saturated heterocycles. The predicted octanol–water partition coefficient (Wildman–Crippen LogP) is 5.04. The van der Waals surface area contributed by atoms with E-state index in [2.05, 4.69) is 42.5 Å². The minimum absolute atomic E-state index is 0.464. The van der Waals surface area contributed by atoms with E-state index in [1.165, 1.54) is 0 Å². The fraction of sp³-hybridized carbons (Fsp3) is 0.133. The summed E-state index contributed by atoms with van der Waals surface area (Å²) in [5, 5.41) is 6.71. The van der Waals surface area contributed by atoms with Gasteiger partial charge in [-0.3, -0.25) is 0 Å². The Balaban J connectivity index is 2.12. The number of methoxy groups -OCH3 is 2. The number of halogens is 2. The molecule has 4 nitrogen and oxygen atoms in total. The average molecular weight is 446 g/mol. The normalized spacial score (nSPS) is 10.0.